The molecule has 65 heavy (non-hydrogen) atoms. The zero-order valence-corrected chi connectivity index (χ0v) is 38.2. The Kier molecular flexibility index (Phi) is 13.1. The van der Waals surface area contributed by atoms with Crippen LogP contribution in [0, 0.1) is 20.8 Å². The molecule has 326 valence electrons. The Balaban J connectivity index is 1.19. The Hall–Kier alpha value is -7.05. The number of hydrogen-bond acceptors (Lipinski definition) is 3. The Labute approximate surface area is 383 Å². The smallest absolute Gasteiger partial charge is 0.224 e. The third-order valence-electron chi connectivity index (χ3n) is 12.7. The van der Waals surface area contributed by atoms with Crippen LogP contribution in [0.25, 0.3) is 90.9 Å². The second-order valence-electron chi connectivity index (χ2n) is 17.8. The van der Waals surface area contributed by atoms with Gasteiger partial charge in [-0.25, -0.2) is 9.97 Å². The number of aromatic amines is 2. The Bertz CT molecular complexity index is 2990. The average Bonchev–Trinajstić information content (AvgIpc) is 4.17. The van der Waals surface area contributed by atoms with Gasteiger partial charge in [-0.2, -0.15) is 0 Å². The van der Waals surface area contributed by atoms with E-state index < -0.39 is 0 Å². The van der Waals surface area contributed by atoms with Crippen LogP contribution >= 0.6 is 0 Å². The maximum atomic E-state index is 13.1. The second-order valence-corrected chi connectivity index (χ2v) is 17.8. The summed E-state index contributed by atoms with van der Waals surface area (Å²) in [4.78, 5) is 31.7. The summed E-state index contributed by atoms with van der Waals surface area (Å²) in [7, 11) is 0. The number of rotatable bonds is 15. The normalized spacial score (nSPS) is 11.9. The largest absolute Gasteiger partial charge is 0.354 e. The third-order valence-corrected chi connectivity index (χ3v) is 12.7. The zero-order valence-electron chi connectivity index (χ0n) is 38.2. The van der Waals surface area contributed by atoms with E-state index in [2.05, 4.69) is 176 Å². The molecule has 2 aliphatic heterocycles. The number of aryl methyl sites for hydroxylation is 3. The minimum atomic E-state index is 0.0631. The summed E-state index contributed by atoms with van der Waals surface area (Å²) in [5, 5.41) is 3.16. The van der Waals surface area contributed by atoms with Crippen LogP contribution in [-0.4, -0.2) is 25.8 Å². The summed E-state index contributed by atoms with van der Waals surface area (Å²) in [6, 6.07) is 42.9. The summed E-state index contributed by atoms with van der Waals surface area (Å²) >= 11 is 0. The maximum Gasteiger partial charge on any atom is 0.224 e. The van der Waals surface area contributed by atoms with Crippen molar-refractivity contribution < 1.29 is 4.79 Å². The molecule has 6 nitrogen and oxygen atoms in total. The predicted molar refractivity (Wildman–Crippen MR) is 275 cm³/mol. The Morgan fingerprint density at radius 2 is 0.723 bits per heavy atom. The Morgan fingerprint density at radius 1 is 0.415 bits per heavy atom. The van der Waals surface area contributed by atoms with Crippen LogP contribution in [-0.2, 0) is 4.79 Å². The lowest BCUT2D eigenvalue weighted by atomic mass is 10.0. The molecule has 5 heterocycles. The van der Waals surface area contributed by atoms with Crippen LogP contribution in [0.1, 0.15) is 111 Å². The van der Waals surface area contributed by atoms with Gasteiger partial charge < -0.3 is 15.3 Å². The van der Waals surface area contributed by atoms with Crippen LogP contribution < -0.4 is 5.32 Å². The van der Waals surface area contributed by atoms with Gasteiger partial charge in [-0.3, -0.25) is 4.79 Å². The quantitative estimate of drug-likeness (QED) is 0.0898. The van der Waals surface area contributed by atoms with E-state index in [0.29, 0.717) is 6.42 Å². The molecule has 0 aliphatic carbocycles. The van der Waals surface area contributed by atoms with Crippen molar-refractivity contribution in [1.82, 2.24) is 19.9 Å². The zero-order chi connectivity index (χ0) is 44.7. The van der Waals surface area contributed by atoms with Gasteiger partial charge in [-0.1, -0.05) is 160 Å². The summed E-state index contributed by atoms with van der Waals surface area (Å²) in [6.07, 6.45) is 20.1. The fourth-order valence-corrected chi connectivity index (χ4v) is 9.12. The highest BCUT2D eigenvalue weighted by atomic mass is 16.1. The van der Waals surface area contributed by atoms with Crippen LogP contribution in [0.5, 0.6) is 0 Å². The fourth-order valence-electron chi connectivity index (χ4n) is 9.12. The van der Waals surface area contributed by atoms with Gasteiger partial charge in [0, 0.05) is 56.4 Å². The molecule has 8 bridgehead atoms. The number of benzene rings is 4. The number of aromatic nitrogens is 4. The van der Waals surface area contributed by atoms with Crippen LogP contribution in [0.15, 0.2) is 121 Å². The minimum absolute atomic E-state index is 0.0631. The molecule has 7 aromatic rings. The van der Waals surface area contributed by atoms with Crippen molar-refractivity contribution in [3.05, 3.63) is 161 Å². The molecule has 3 N–H and O–H groups in total. The lowest BCUT2D eigenvalue weighted by Gasteiger charge is -2.09. The minimum Gasteiger partial charge on any atom is -0.354 e. The number of unbranched alkanes of at least 4 members (excludes halogenated alkanes) is 8. The van der Waals surface area contributed by atoms with Gasteiger partial charge in [0.2, 0.25) is 5.91 Å². The number of fused-ring (bicyclic) bond motifs is 8. The molecule has 0 atom stereocenters. The number of carbonyl (C=O) groups excluding carboxylic acids is 1. The predicted octanol–water partition coefficient (Wildman–Crippen LogP) is 16.1. The van der Waals surface area contributed by atoms with Crippen molar-refractivity contribution in [3.63, 3.8) is 0 Å². The number of hydrogen-bond donors (Lipinski definition) is 3. The summed E-state index contributed by atoms with van der Waals surface area (Å²) in [5.74, 6) is 0.0631. The molecule has 4 aromatic carbocycles. The van der Waals surface area contributed by atoms with E-state index in [4.69, 9.17) is 9.97 Å². The SMILES string of the molecule is CCCCCCCCCCCC(=O)Nc1ccc(-c2c3nc(c(-c4ccc(C)cc4)c4ccc([nH]4)c(-c4ccc(C)cc4)c4nc(c(-c5ccc(C)cc5)c5ccc2[nH]5)C=C4)C=C3)cc1. The van der Waals surface area contributed by atoms with Gasteiger partial charge in [0.15, 0.2) is 0 Å². The van der Waals surface area contributed by atoms with Crippen LogP contribution in [0.2, 0.25) is 0 Å². The number of anilines is 1. The number of amides is 1. The van der Waals surface area contributed by atoms with Gasteiger partial charge in [0.1, 0.15) is 0 Å². The van der Waals surface area contributed by atoms with E-state index >= 15 is 0 Å². The van der Waals surface area contributed by atoms with Crippen molar-refractivity contribution in [3.8, 4) is 44.5 Å². The van der Waals surface area contributed by atoms with E-state index in [0.717, 1.165) is 108 Å². The molecule has 0 spiro atoms. The first-order valence-corrected chi connectivity index (χ1v) is 23.6. The molecule has 9 rings (SSSR count). The van der Waals surface area contributed by atoms with Gasteiger partial charge >= 0.3 is 0 Å². The summed E-state index contributed by atoms with van der Waals surface area (Å²) in [6.45, 7) is 8.61. The standard InChI is InChI=1S/C59H59N5O/c1-5-6-7-8-9-10-11-12-13-14-55(65)60-46-29-27-45(28-30-46)59-53-37-35-51(63-53)57(43-23-17-40(3)18-24-43)49-33-31-47(61-49)56(42-21-15-39(2)16-22-42)48-32-34-50(62-48)58(52-36-38-54(59)64-52)44-25-19-41(4)20-26-44/h15-38,61,64H,5-14H2,1-4H3,(H,60,65). The molecule has 0 fully saturated rings. The highest BCUT2D eigenvalue weighted by Gasteiger charge is 2.19. The van der Waals surface area contributed by atoms with Gasteiger partial charge in [-0.15, -0.1) is 0 Å². The first-order chi connectivity index (χ1) is 31.8. The van der Waals surface area contributed by atoms with E-state index in [-0.39, 0.29) is 5.91 Å². The molecular formula is C59H59N5O. The third kappa shape index (κ3) is 9.88. The van der Waals surface area contributed by atoms with Gasteiger partial charge in [0.05, 0.1) is 22.8 Å². The van der Waals surface area contributed by atoms with Crippen LogP contribution in [0.4, 0.5) is 5.69 Å². The highest BCUT2D eigenvalue weighted by Crippen LogP contribution is 2.39. The molecule has 3 aromatic heterocycles. The average molecular weight is 854 g/mol. The molecule has 0 saturated carbocycles. The second kappa shape index (κ2) is 19.8. The fraction of sp³-hybridized carbons (Fsp3) is 0.237. The van der Waals surface area contributed by atoms with Gasteiger partial charge in [0.25, 0.3) is 0 Å². The molecule has 0 radical (unpaired) electrons. The van der Waals surface area contributed by atoms with E-state index in [9.17, 15) is 4.79 Å². The molecular weight excluding hydrogens is 795 g/mol. The molecule has 1 amide bonds. The molecule has 0 saturated heterocycles. The first kappa shape index (κ1) is 43.2. The lowest BCUT2D eigenvalue weighted by molar-refractivity contribution is -0.116. The van der Waals surface area contributed by atoms with Crippen molar-refractivity contribution in [2.45, 2.75) is 91.9 Å². The lowest BCUT2D eigenvalue weighted by Crippen LogP contribution is -2.10. The first-order valence-electron chi connectivity index (χ1n) is 23.6. The number of carbonyl (C=O) groups is 1. The van der Waals surface area contributed by atoms with E-state index in [1.54, 1.807) is 0 Å². The van der Waals surface area contributed by atoms with Crippen molar-refractivity contribution in [2.75, 3.05) is 5.32 Å². The monoisotopic (exact) mass is 853 g/mol. The summed E-state index contributed by atoms with van der Waals surface area (Å²) < 4.78 is 0. The number of nitrogens with zero attached hydrogens (tertiary/aromatic N) is 2. The van der Waals surface area contributed by atoms with Crippen LogP contribution in [0.3, 0.4) is 0 Å². The number of nitrogens with one attached hydrogen (secondary N) is 3. The molecule has 0 unspecified atom stereocenters. The summed E-state index contributed by atoms with van der Waals surface area (Å²) in [5.41, 5.74) is 19.9. The highest BCUT2D eigenvalue weighted by molar-refractivity contribution is 6.00. The van der Waals surface area contributed by atoms with Crippen molar-refractivity contribution in [2.24, 2.45) is 0 Å². The number of H-pyrrole nitrogens is 2. The van der Waals surface area contributed by atoms with Gasteiger partial charge in [-0.05, 0) is 110 Å². The Morgan fingerprint density at radius 3 is 1.06 bits per heavy atom. The molecule has 6 heteroatoms. The van der Waals surface area contributed by atoms with Crippen molar-refractivity contribution in [1.29, 1.82) is 0 Å². The van der Waals surface area contributed by atoms with E-state index in [1.165, 1.54) is 61.6 Å². The van der Waals surface area contributed by atoms with Crippen molar-refractivity contribution >= 4 is 58.0 Å². The van der Waals surface area contributed by atoms with E-state index in [1.807, 2.05) is 12.1 Å². The maximum absolute atomic E-state index is 13.1. The molecule has 2 aliphatic rings. The topological polar surface area (TPSA) is 86.5 Å².